The van der Waals surface area contributed by atoms with Crippen molar-refractivity contribution in [3.63, 3.8) is 0 Å². The van der Waals surface area contributed by atoms with Crippen LogP contribution in [0.2, 0.25) is 0 Å². The summed E-state index contributed by atoms with van der Waals surface area (Å²) >= 11 is 0. The van der Waals surface area contributed by atoms with Gasteiger partial charge in [-0.3, -0.25) is 9.89 Å². The first kappa shape index (κ1) is 18.6. The molecule has 2 N–H and O–H groups in total. The van der Waals surface area contributed by atoms with Crippen molar-refractivity contribution in [3.8, 4) is 0 Å². The third kappa shape index (κ3) is 5.12. The number of nitrogens with zero attached hydrogens (tertiary/aromatic N) is 2. The smallest absolute Gasteiger partial charge is 0.355 e. The lowest BCUT2D eigenvalue weighted by Crippen LogP contribution is -2.44. The van der Waals surface area contributed by atoms with Crippen LogP contribution < -0.4 is 10.6 Å². The first-order valence-corrected chi connectivity index (χ1v) is 8.28. The third-order valence-corrected chi connectivity index (χ3v) is 4.38. The van der Waals surface area contributed by atoms with Gasteiger partial charge in [0.05, 0.1) is 5.56 Å². The summed E-state index contributed by atoms with van der Waals surface area (Å²) < 4.78 is 37.6. The van der Waals surface area contributed by atoms with E-state index in [1.54, 1.807) is 7.05 Å². The van der Waals surface area contributed by atoms with Crippen LogP contribution in [0.25, 0.3) is 0 Å². The van der Waals surface area contributed by atoms with Crippen LogP contribution in [-0.2, 0) is 12.7 Å². The van der Waals surface area contributed by atoms with E-state index < -0.39 is 11.7 Å². The number of alkyl halides is 3. The number of likely N-dealkylation sites (tertiary alicyclic amines) is 1. The van der Waals surface area contributed by atoms with E-state index in [2.05, 4.69) is 27.4 Å². The van der Waals surface area contributed by atoms with Gasteiger partial charge in [0.1, 0.15) is 0 Å². The van der Waals surface area contributed by atoms with Crippen molar-refractivity contribution >= 4 is 5.96 Å². The molecule has 1 aliphatic rings. The maximum absolute atomic E-state index is 12.5. The molecule has 1 aromatic rings. The minimum atomic E-state index is -4.30. The highest BCUT2D eigenvalue weighted by Gasteiger charge is 2.29. The second kappa shape index (κ2) is 8.37. The van der Waals surface area contributed by atoms with Crippen LogP contribution in [0.3, 0.4) is 0 Å². The fourth-order valence-corrected chi connectivity index (χ4v) is 2.98. The van der Waals surface area contributed by atoms with Crippen LogP contribution in [0.15, 0.2) is 29.3 Å². The zero-order valence-electron chi connectivity index (χ0n) is 14.2. The molecular weight excluding hydrogens is 317 g/mol. The normalized spacial score (nSPS) is 19.5. The van der Waals surface area contributed by atoms with Gasteiger partial charge in [-0.1, -0.05) is 19.1 Å². The molecule has 0 amide bonds. The lowest BCUT2D eigenvalue weighted by atomic mass is 10.1. The van der Waals surface area contributed by atoms with E-state index in [0.29, 0.717) is 18.5 Å². The molecule has 0 bridgehead atoms. The van der Waals surface area contributed by atoms with Crippen molar-refractivity contribution in [1.29, 1.82) is 0 Å². The molecule has 1 heterocycles. The molecule has 0 radical (unpaired) electrons. The second-order valence-corrected chi connectivity index (χ2v) is 5.93. The van der Waals surface area contributed by atoms with Gasteiger partial charge in [0.2, 0.25) is 0 Å². The minimum Gasteiger partial charge on any atom is -0.355 e. The van der Waals surface area contributed by atoms with Crippen LogP contribution in [0.5, 0.6) is 0 Å². The summed E-state index contributed by atoms with van der Waals surface area (Å²) in [5.74, 6) is 0.665. The Balaban J connectivity index is 1.81. The molecule has 1 unspecified atom stereocenters. The van der Waals surface area contributed by atoms with Crippen LogP contribution in [0, 0.1) is 0 Å². The Morgan fingerprint density at radius 1 is 1.25 bits per heavy atom. The van der Waals surface area contributed by atoms with Crippen LogP contribution in [0.1, 0.15) is 30.9 Å². The number of halogens is 3. The molecule has 1 atom stereocenters. The molecule has 134 valence electrons. The summed E-state index contributed by atoms with van der Waals surface area (Å²) in [5, 5.41) is 6.44. The van der Waals surface area contributed by atoms with E-state index in [0.717, 1.165) is 37.3 Å². The lowest BCUT2D eigenvalue weighted by molar-refractivity contribution is -0.137. The average Bonchev–Trinajstić information content (AvgIpc) is 3.02. The summed E-state index contributed by atoms with van der Waals surface area (Å²) in [6, 6.07) is 5.69. The first-order valence-electron chi connectivity index (χ1n) is 8.28. The van der Waals surface area contributed by atoms with Gasteiger partial charge in [-0.2, -0.15) is 13.2 Å². The number of hydrogen-bond acceptors (Lipinski definition) is 2. The molecule has 1 saturated heterocycles. The van der Waals surface area contributed by atoms with E-state index in [1.165, 1.54) is 25.0 Å². The zero-order chi connectivity index (χ0) is 17.6. The van der Waals surface area contributed by atoms with Crippen molar-refractivity contribution in [2.75, 3.05) is 26.7 Å². The molecule has 1 fully saturated rings. The topological polar surface area (TPSA) is 39.7 Å². The Labute approximate surface area is 141 Å². The quantitative estimate of drug-likeness (QED) is 0.638. The molecular formula is C17H25F3N4. The highest BCUT2D eigenvalue weighted by molar-refractivity contribution is 5.79. The predicted molar refractivity (Wildman–Crippen MR) is 89.9 cm³/mol. The number of benzene rings is 1. The van der Waals surface area contributed by atoms with Gasteiger partial charge in [0.15, 0.2) is 5.96 Å². The monoisotopic (exact) mass is 342 g/mol. The Kier molecular flexibility index (Phi) is 6.48. The van der Waals surface area contributed by atoms with Crippen LogP contribution >= 0.6 is 0 Å². The summed E-state index contributed by atoms with van der Waals surface area (Å²) in [7, 11) is 1.69. The third-order valence-electron chi connectivity index (χ3n) is 4.38. The number of hydrogen-bond donors (Lipinski definition) is 2. The second-order valence-electron chi connectivity index (χ2n) is 5.93. The fourth-order valence-electron chi connectivity index (χ4n) is 2.98. The highest BCUT2D eigenvalue weighted by Crippen LogP contribution is 2.29. The van der Waals surface area contributed by atoms with E-state index in [4.69, 9.17) is 0 Å². The van der Waals surface area contributed by atoms with Gasteiger partial charge in [0, 0.05) is 26.2 Å². The number of rotatable bonds is 5. The van der Waals surface area contributed by atoms with E-state index in [9.17, 15) is 13.2 Å². The number of nitrogens with one attached hydrogen (secondary N) is 2. The molecule has 1 aliphatic heterocycles. The Morgan fingerprint density at radius 2 is 1.96 bits per heavy atom. The van der Waals surface area contributed by atoms with Crippen LogP contribution in [0.4, 0.5) is 13.2 Å². The average molecular weight is 342 g/mol. The number of aliphatic imine (C=N–C) groups is 1. The maximum atomic E-state index is 12.5. The summed E-state index contributed by atoms with van der Waals surface area (Å²) in [5.41, 5.74) is 0.150. The fraction of sp³-hybridized carbons (Fsp3) is 0.588. The SMILES string of the molecule is CCN1CCCC1CNC(=NC)NCc1ccc(C(F)(F)F)cc1. The molecule has 0 saturated carbocycles. The molecule has 0 aliphatic carbocycles. The maximum Gasteiger partial charge on any atom is 0.416 e. The van der Waals surface area contributed by atoms with Crippen molar-refractivity contribution in [2.24, 2.45) is 4.99 Å². The van der Waals surface area contributed by atoms with Crippen molar-refractivity contribution in [3.05, 3.63) is 35.4 Å². The van der Waals surface area contributed by atoms with Gasteiger partial charge in [-0.05, 0) is 43.6 Å². The standard InChI is InChI=1S/C17H25F3N4/c1-3-24-10-4-5-15(24)12-23-16(21-2)22-11-13-6-8-14(9-7-13)17(18,19)20/h6-9,15H,3-5,10-12H2,1-2H3,(H2,21,22,23). The minimum absolute atomic E-state index is 0.431. The van der Waals surface area contributed by atoms with Crippen molar-refractivity contribution in [1.82, 2.24) is 15.5 Å². The summed E-state index contributed by atoms with van der Waals surface area (Å²) in [6.45, 7) is 5.60. The van der Waals surface area contributed by atoms with E-state index >= 15 is 0 Å². The van der Waals surface area contributed by atoms with Gasteiger partial charge in [-0.15, -0.1) is 0 Å². The summed E-state index contributed by atoms with van der Waals surface area (Å²) in [6.07, 6.45) is -1.90. The Bertz CT molecular complexity index is 540. The van der Waals surface area contributed by atoms with Gasteiger partial charge in [0.25, 0.3) is 0 Å². The van der Waals surface area contributed by atoms with Crippen LogP contribution in [-0.4, -0.2) is 43.6 Å². The first-order chi connectivity index (χ1) is 11.4. The Hall–Kier alpha value is -1.76. The van der Waals surface area contributed by atoms with Crippen molar-refractivity contribution < 1.29 is 13.2 Å². The number of guanidine groups is 1. The molecule has 0 spiro atoms. The van der Waals surface area contributed by atoms with Gasteiger partial charge >= 0.3 is 6.18 Å². The summed E-state index contributed by atoms with van der Waals surface area (Å²) in [4.78, 5) is 6.61. The lowest BCUT2D eigenvalue weighted by Gasteiger charge is -2.24. The Morgan fingerprint density at radius 3 is 2.54 bits per heavy atom. The van der Waals surface area contributed by atoms with Gasteiger partial charge in [-0.25, -0.2) is 0 Å². The molecule has 4 nitrogen and oxygen atoms in total. The zero-order valence-corrected chi connectivity index (χ0v) is 14.2. The molecule has 7 heteroatoms. The van der Waals surface area contributed by atoms with Crippen molar-refractivity contribution in [2.45, 2.75) is 38.5 Å². The highest BCUT2D eigenvalue weighted by atomic mass is 19.4. The molecule has 24 heavy (non-hydrogen) atoms. The van der Waals surface area contributed by atoms with E-state index in [-0.39, 0.29) is 0 Å². The predicted octanol–water partition coefficient (Wildman–Crippen LogP) is 2.85. The molecule has 0 aromatic heterocycles. The molecule has 1 aromatic carbocycles. The molecule has 2 rings (SSSR count). The number of likely N-dealkylation sites (N-methyl/N-ethyl adjacent to an activating group) is 1. The largest absolute Gasteiger partial charge is 0.416 e. The van der Waals surface area contributed by atoms with Gasteiger partial charge < -0.3 is 10.6 Å². The van der Waals surface area contributed by atoms with E-state index in [1.807, 2.05) is 0 Å².